The number of aliphatic hydroxyl groups excluding tert-OH is 2. The number of nitrogens with one attached hydrogen (secondary N) is 1. The number of ketones is 1. The summed E-state index contributed by atoms with van der Waals surface area (Å²) in [4.78, 5) is 85.2. The van der Waals surface area contributed by atoms with Crippen LogP contribution in [0.25, 0.3) is 0 Å². The molecular weight excluding hydrogens is 871 g/mol. The van der Waals surface area contributed by atoms with Crippen LogP contribution in [0.5, 0.6) is 0 Å². The van der Waals surface area contributed by atoms with Crippen molar-refractivity contribution in [2.45, 2.75) is 147 Å². The van der Waals surface area contributed by atoms with Gasteiger partial charge in [-0.2, -0.15) is 0 Å². The fraction of sp³-hybridized carbons (Fsp3) is 0.600. The molecule has 1 heterocycles. The zero-order valence-electron chi connectivity index (χ0n) is 39.9. The molecule has 3 fully saturated rings. The standard InChI is InChI=1S/C50H65NO16/c1-27(53)21-22-36(55)64-39(38(30-17-13-11-14-18-30)51-45(59)67-46(4,5)6)44(58)63-33-24-50(60)42(65-43(57)31-19-15-12-16-20-31)40-48(9,41(56)32(25-52)37(28(33)2)47(50,7)8)34(61-10)23-35-49(40,26-62-35)66-29(3)54/h11-20,27,32-35,38-40,42,52-53,60H,21-26H2,1-10H3,(H,51,59)/t27?,32-,33+,34-,35-,38+,39-,40+,42+,48-,49+,50-/m1/s1. The van der Waals surface area contributed by atoms with Gasteiger partial charge < -0.3 is 53.8 Å². The first kappa shape index (κ1) is 51.2. The van der Waals surface area contributed by atoms with E-state index in [9.17, 15) is 34.5 Å². The number of benzene rings is 2. The van der Waals surface area contributed by atoms with Crippen molar-refractivity contribution < 1.29 is 77.2 Å². The predicted molar refractivity (Wildman–Crippen MR) is 238 cm³/mol. The first-order valence-electron chi connectivity index (χ1n) is 22.7. The number of fused-ring (bicyclic) bond motifs is 5. The van der Waals surface area contributed by atoms with Crippen LogP contribution in [0.3, 0.4) is 0 Å². The van der Waals surface area contributed by atoms with Gasteiger partial charge in [0.05, 0.1) is 48.2 Å². The second-order valence-corrected chi connectivity index (χ2v) is 20.0. The van der Waals surface area contributed by atoms with Crippen molar-refractivity contribution in [3.63, 3.8) is 0 Å². The third kappa shape index (κ3) is 9.62. The number of rotatable bonds is 14. The number of carbonyl (C=O) groups excluding carboxylic acids is 6. The maximum absolute atomic E-state index is 15.7. The first-order chi connectivity index (χ1) is 31.4. The van der Waals surface area contributed by atoms with E-state index < -0.39 is 131 Å². The Labute approximate surface area is 390 Å². The summed E-state index contributed by atoms with van der Waals surface area (Å²) < 4.78 is 42.6. The SMILES string of the molecule is CO[C@@H]1C[C@H]2OC[C@@]2(OC(C)=O)[C@H]2[C@H](OC(=O)c3ccccc3)[C@]3(O)C[C@H](OC(=O)[C@H](OC(=O)CCC(C)O)[C@@H](NC(=O)OC(C)(C)C)c4ccccc4)C(C)=C([C@@H](CO)C(=O)[C@@]21C)C3(C)C. The Morgan fingerprint density at radius 1 is 0.970 bits per heavy atom. The topological polar surface area (TPSA) is 240 Å². The van der Waals surface area contributed by atoms with Crippen molar-refractivity contribution in [2.75, 3.05) is 20.3 Å². The van der Waals surface area contributed by atoms with E-state index in [1.807, 2.05) is 0 Å². The van der Waals surface area contributed by atoms with Crippen LogP contribution in [0, 0.1) is 22.7 Å². The minimum absolute atomic E-state index is 0.0174. The highest BCUT2D eigenvalue weighted by Gasteiger charge is 2.78. The number of esters is 4. The van der Waals surface area contributed by atoms with E-state index in [0.717, 1.165) is 0 Å². The summed E-state index contributed by atoms with van der Waals surface area (Å²) in [5.74, 6) is -7.06. The smallest absolute Gasteiger partial charge is 0.408 e. The second kappa shape index (κ2) is 19.4. The number of Topliss-reactive ketones (excluding diaryl/α,β-unsaturated/α-hetero) is 1. The molecule has 0 aromatic heterocycles. The van der Waals surface area contributed by atoms with Crippen LogP contribution in [-0.4, -0.2) is 125 Å². The van der Waals surface area contributed by atoms with E-state index in [1.54, 1.807) is 97.0 Å². The van der Waals surface area contributed by atoms with Gasteiger partial charge >= 0.3 is 30.0 Å². The largest absolute Gasteiger partial charge is 0.455 e. The predicted octanol–water partition coefficient (Wildman–Crippen LogP) is 4.87. The van der Waals surface area contributed by atoms with Crippen LogP contribution in [0.1, 0.15) is 110 Å². The number of ether oxygens (including phenoxy) is 7. The van der Waals surface area contributed by atoms with Crippen molar-refractivity contribution >= 4 is 35.8 Å². The molecular formula is C50H65NO16. The lowest BCUT2D eigenvalue weighted by Gasteiger charge is -2.68. The molecule has 0 radical (unpaired) electrons. The first-order valence-corrected chi connectivity index (χ1v) is 22.7. The molecule has 17 nitrogen and oxygen atoms in total. The molecule has 1 unspecified atom stereocenters. The Kier molecular flexibility index (Phi) is 14.8. The van der Waals surface area contributed by atoms with E-state index >= 15 is 9.59 Å². The average molecular weight is 936 g/mol. The number of hydrogen-bond acceptors (Lipinski definition) is 16. The van der Waals surface area contributed by atoms with Crippen LogP contribution in [-0.2, 0) is 52.3 Å². The summed E-state index contributed by atoms with van der Waals surface area (Å²) in [6, 6.07) is 14.7. The van der Waals surface area contributed by atoms with Crippen molar-refractivity contribution in [2.24, 2.45) is 22.7 Å². The molecule has 2 bridgehead atoms. The van der Waals surface area contributed by atoms with E-state index in [-0.39, 0.29) is 42.6 Å². The highest BCUT2D eigenvalue weighted by atomic mass is 16.6. The lowest BCUT2D eigenvalue weighted by Crippen LogP contribution is -2.81. The number of aliphatic hydroxyl groups is 3. The molecule has 1 amide bonds. The molecule has 1 aliphatic heterocycles. The van der Waals surface area contributed by atoms with Gasteiger partial charge in [0.2, 0.25) is 6.10 Å². The fourth-order valence-electron chi connectivity index (χ4n) is 10.9. The molecule has 2 aromatic rings. The zero-order chi connectivity index (χ0) is 49.4. The molecule has 2 aromatic carbocycles. The molecule has 0 spiro atoms. The number of amides is 1. The lowest BCUT2D eigenvalue weighted by atomic mass is 9.43. The van der Waals surface area contributed by atoms with E-state index in [0.29, 0.717) is 5.56 Å². The van der Waals surface area contributed by atoms with Gasteiger partial charge in [0, 0.05) is 38.7 Å². The third-order valence-corrected chi connectivity index (χ3v) is 14.1. The van der Waals surface area contributed by atoms with Gasteiger partial charge in [-0.15, -0.1) is 0 Å². The van der Waals surface area contributed by atoms with Gasteiger partial charge in [-0.05, 0) is 76.8 Å². The monoisotopic (exact) mass is 935 g/mol. The van der Waals surface area contributed by atoms with Crippen LogP contribution in [0.15, 0.2) is 71.8 Å². The van der Waals surface area contributed by atoms with Gasteiger partial charge in [-0.1, -0.05) is 62.4 Å². The van der Waals surface area contributed by atoms with Crippen LogP contribution < -0.4 is 5.32 Å². The van der Waals surface area contributed by atoms with Crippen molar-refractivity contribution in [3.05, 3.63) is 82.9 Å². The van der Waals surface area contributed by atoms with E-state index in [4.69, 9.17) is 33.2 Å². The Morgan fingerprint density at radius 2 is 1.60 bits per heavy atom. The van der Waals surface area contributed by atoms with Gasteiger partial charge in [0.15, 0.2) is 11.4 Å². The second-order valence-electron chi connectivity index (χ2n) is 20.0. The summed E-state index contributed by atoms with van der Waals surface area (Å²) in [5.41, 5.74) is -7.39. The molecule has 6 rings (SSSR count). The lowest BCUT2D eigenvalue weighted by molar-refractivity contribution is -0.347. The summed E-state index contributed by atoms with van der Waals surface area (Å²) in [5, 5.41) is 37.9. The van der Waals surface area contributed by atoms with Crippen LogP contribution in [0.4, 0.5) is 4.79 Å². The Balaban J connectivity index is 1.55. The molecule has 4 aliphatic rings. The van der Waals surface area contributed by atoms with E-state index in [2.05, 4.69) is 5.32 Å². The van der Waals surface area contributed by atoms with Gasteiger partial charge in [0.1, 0.15) is 35.6 Å². The van der Waals surface area contributed by atoms with Crippen LogP contribution in [0.2, 0.25) is 0 Å². The molecule has 366 valence electrons. The maximum atomic E-state index is 15.7. The minimum Gasteiger partial charge on any atom is -0.455 e. The minimum atomic E-state index is -2.32. The molecule has 2 saturated carbocycles. The zero-order valence-corrected chi connectivity index (χ0v) is 39.9. The maximum Gasteiger partial charge on any atom is 0.408 e. The van der Waals surface area contributed by atoms with Crippen LogP contribution >= 0.6 is 0 Å². The van der Waals surface area contributed by atoms with Gasteiger partial charge in [-0.25, -0.2) is 14.4 Å². The van der Waals surface area contributed by atoms with Crippen molar-refractivity contribution in [1.29, 1.82) is 0 Å². The number of alkyl carbamates (subject to hydrolysis) is 1. The molecule has 1 saturated heterocycles. The number of carbonyl (C=O) groups is 6. The normalized spacial score (nSPS) is 31.1. The summed E-state index contributed by atoms with van der Waals surface area (Å²) in [6.45, 7) is 13.1. The van der Waals surface area contributed by atoms with Crippen molar-refractivity contribution in [1.82, 2.24) is 5.32 Å². The molecule has 4 N–H and O–H groups in total. The van der Waals surface area contributed by atoms with Gasteiger partial charge in [-0.3, -0.25) is 14.4 Å². The third-order valence-electron chi connectivity index (χ3n) is 14.1. The van der Waals surface area contributed by atoms with Gasteiger partial charge in [0.25, 0.3) is 0 Å². The Morgan fingerprint density at radius 3 is 2.13 bits per heavy atom. The average Bonchev–Trinajstić information content (AvgIpc) is 3.25. The highest BCUT2D eigenvalue weighted by molar-refractivity contribution is 5.93. The number of methoxy groups -OCH3 is 1. The molecule has 3 aliphatic carbocycles. The number of hydrogen-bond donors (Lipinski definition) is 4. The summed E-state index contributed by atoms with van der Waals surface area (Å²) >= 11 is 0. The highest BCUT2D eigenvalue weighted by Crippen LogP contribution is 2.65. The summed E-state index contributed by atoms with van der Waals surface area (Å²) in [7, 11) is 1.41. The van der Waals surface area contributed by atoms with Crippen molar-refractivity contribution in [3.8, 4) is 0 Å². The fourth-order valence-corrected chi connectivity index (χ4v) is 10.9. The Hall–Kier alpha value is -5.20. The van der Waals surface area contributed by atoms with E-state index in [1.165, 1.54) is 33.1 Å². The Bertz CT molecular complexity index is 2220. The molecule has 12 atom stereocenters. The molecule has 17 heteroatoms. The quantitative estimate of drug-likeness (QED) is 0.112. The summed E-state index contributed by atoms with van der Waals surface area (Å²) in [6.07, 6.45) is -9.59. The molecule has 67 heavy (non-hydrogen) atoms.